The molecule has 0 spiro atoms. The highest BCUT2D eigenvalue weighted by Crippen LogP contribution is 2.34. The zero-order valence-corrected chi connectivity index (χ0v) is 19.2. The average molecular weight is 486 g/mol. The Morgan fingerprint density at radius 3 is 2.51 bits per heavy atom. The van der Waals surface area contributed by atoms with Gasteiger partial charge in [-0.3, -0.25) is 9.78 Å². The molecule has 1 aliphatic rings. The second kappa shape index (κ2) is 10.4. The number of nitrogens with one attached hydrogen (secondary N) is 1. The molecule has 0 saturated carbocycles. The summed E-state index contributed by atoms with van der Waals surface area (Å²) in [6.45, 7) is 4.49. The van der Waals surface area contributed by atoms with Gasteiger partial charge in [0.2, 0.25) is 0 Å². The van der Waals surface area contributed by atoms with Crippen LogP contribution < -0.4 is 16.0 Å². The van der Waals surface area contributed by atoms with Gasteiger partial charge >= 0.3 is 6.18 Å². The molecule has 0 bridgehead atoms. The molecule has 3 N–H and O–H groups in total. The second-order valence-electron chi connectivity index (χ2n) is 8.25. The average Bonchev–Trinajstić information content (AvgIpc) is 2.88. The molecule has 7 nitrogen and oxygen atoms in total. The first-order valence-electron chi connectivity index (χ1n) is 11.2. The number of nitrogens with two attached hydrogens (primary N) is 1. The molecule has 0 unspecified atom stereocenters. The van der Waals surface area contributed by atoms with Gasteiger partial charge in [-0.15, -0.1) is 0 Å². The van der Waals surface area contributed by atoms with E-state index in [1.807, 2.05) is 11.8 Å². The van der Waals surface area contributed by atoms with E-state index in [1.54, 1.807) is 30.5 Å². The third-order valence-electron chi connectivity index (χ3n) is 5.92. The van der Waals surface area contributed by atoms with Crippen LogP contribution in [-0.4, -0.2) is 42.2 Å². The van der Waals surface area contributed by atoms with Crippen LogP contribution in [0.1, 0.15) is 40.1 Å². The molecular formula is C25H26F3N5O2. The Kier molecular flexibility index (Phi) is 7.32. The summed E-state index contributed by atoms with van der Waals surface area (Å²) in [5.74, 6) is 0.252. The van der Waals surface area contributed by atoms with E-state index >= 15 is 0 Å². The van der Waals surface area contributed by atoms with Gasteiger partial charge in [-0.1, -0.05) is 30.3 Å². The third-order valence-corrected chi connectivity index (χ3v) is 5.92. The summed E-state index contributed by atoms with van der Waals surface area (Å²) in [5, 5.41) is 2.90. The van der Waals surface area contributed by atoms with E-state index < -0.39 is 11.7 Å². The second-order valence-corrected chi connectivity index (χ2v) is 8.25. The van der Waals surface area contributed by atoms with Gasteiger partial charge in [0.25, 0.3) is 5.91 Å². The van der Waals surface area contributed by atoms with Crippen LogP contribution in [0.4, 0.5) is 19.0 Å². The number of nitrogens with zero attached hydrogens (tertiary/aromatic N) is 3. The van der Waals surface area contributed by atoms with Crippen LogP contribution in [0.5, 0.6) is 0 Å². The lowest BCUT2D eigenvalue weighted by Gasteiger charge is -2.27. The predicted molar refractivity (Wildman–Crippen MR) is 126 cm³/mol. The zero-order valence-electron chi connectivity index (χ0n) is 19.2. The molecule has 184 valence electrons. The molecule has 1 aromatic heterocycles. The van der Waals surface area contributed by atoms with Crippen molar-refractivity contribution in [3.05, 3.63) is 77.2 Å². The molecule has 1 aliphatic heterocycles. The number of halogens is 3. The number of rotatable bonds is 6. The largest absolute Gasteiger partial charge is 0.416 e. The van der Waals surface area contributed by atoms with Crippen LogP contribution in [0.2, 0.25) is 0 Å². The monoisotopic (exact) mass is 485 g/mol. The number of carbonyl (C=O) groups is 1. The molecule has 3 aromatic rings. The molecule has 2 aromatic carbocycles. The lowest BCUT2D eigenvalue weighted by atomic mass is 9.95. The maximum absolute atomic E-state index is 13.2. The van der Waals surface area contributed by atoms with E-state index in [4.69, 9.17) is 10.5 Å². The molecule has 0 radical (unpaired) electrons. The first-order valence-corrected chi connectivity index (χ1v) is 11.2. The van der Waals surface area contributed by atoms with Crippen molar-refractivity contribution in [3.63, 3.8) is 0 Å². The number of ether oxygens (including phenoxy) is 1. The summed E-state index contributed by atoms with van der Waals surface area (Å²) in [6, 6.07) is 10.2. The minimum atomic E-state index is -4.44. The van der Waals surface area contributed by atoms with E-state index in [9.17, 15) is 18.0 Å². The number of carbonyl (C=O) groups excluding carboxylic acids is 1. The van der Waals surface area contributed by atoms with Crippen molar-refractivity contribution in [1.29, 1.82) is 0 Å². The van der Waals surface area contributed by atoms with Crippen molar-refractivity contribution < 1.29 is 22.7 Å². The lowest BCUT2D eigenvalue weighted by molar-refractivity contribution is -0.137. The topological polar surface area (TPSA) is 93.4 Å². The van der Waals surface area contributed by atoms with E-state index in [0.717, 1.165) is 17.7 Å². The number of alkyl halides is 3. The van der Waals surface area contributed by atoms with Crippen LogP contribution in [0.3, 0.4) is 0 Å². The summed E-state index contributed by atoms with van der Waals surface area (Å²) in [6.07, 6.45) is -1.41. The van der Waals surface area contributed by atoms with Gasteiger partial charge in [-0.05, 0) is 41.3 Å². The quantitative estimate of drug-likeness (QED) is 0.549. The predicted octanol–water partition coefficient (Wildman–Crippen LogP) is 3.95. The summed E-state index contributed by atoms with van der Waals surface area (Å²) in [7, 11) is 0. The minimum Gasteiger partial charge on any atom is -0.378 e. The van der Waals surface area contributed by atoms with Crippen LogP contribution in [0, 0.1) is 0 Å². The fourth-order valence-electron chi connectivity index (χ4n) is 3.91. The van der Waals surface area contributed by atoms with Gasteiger partial charge in [-0.2, -0.15) is 13.2 Å². The number of morpholine rings is 1. The van der Waals surface area contributed by atoms with Crippen molar-refractivity contribution in [2.75, 3.05) is 31.2 Å². The SMILES string of the molecule is C[C@@H](NC(=O)c1cncc(N2CCOCC2)n1)c1ccc(-c2cc(C(F)(F)F)ccc2CN)cc1. The number of hydrogen-bond acceptors (Lipinski definition) is 6. The third kappa shape index (κ3) is 5.77. The van der Waals surface area contributed by atoms with E-state index in [-0.39, 0.29) is 24.2 Å². The molecule has 0 aliphatic carbocycles. The van der Waals surface area contributed by atoms with Crippen molar-refractivity contribution in [2.24, 2.45) is 5.73 Å². The highest BCUT2D eigenvalue weighted by atomic mass is 19.4. The Morgan fingerprint density at radius 1 is 1.14 bits per heavy atom. The highest BCUT2D eigenvalue weighted by molar-refractivity contribution is 5.92. The van der Waals surface area contributed by atoms with Crippen molar-refractivity contribution >= 4 is 11.7 Å². The minimum absolute atomic E-state index is 0.117. The Bertz CT molecular complexity index is 1180. The maximum Gasteiger partial charge on any atom is 0.416 e. The summed E-state index contributed by atoms with van der Waals surface area (Å²) >= 11 is 0. The Balaban J connectivity index is 1.48. The van der Waals surface area contributed by atoms with Gasteiger partial charge in [0.15, 0.2) is 0 Å². The van der Waals surface area contributed by atoms with Crippen molar-refractivity contribution in [2.45, 2.75) is 25.7 Å². The fourth-order valence-corrected chi connectivity index (χ4v) is 3.91. The molecule has 1 amide bonds. The molecule has 4 rings (SSSR count). The normalized spacial score (nSPS) is 15.1. The van der Waals surface area contributed by atoms with Gasteiger partial charge in [0, 0.05) is 19.6 Å². The zero-order chi connectivity index (χ0) is 25.0. The first kappa shape index (κ1) is 24.6. The fraction of sp³-hybridized carbons (Fsp3) is 0.320. The number of benzene rings is 2. The lowest BCUT2D eigenvalue weighted by Crippen LogP contribution is -2.37. The molecule has 35 heavy (non-hydrogen) atoms. The van der Waals surface area contributed by atoms with E-state index in [2.05, 4.69) is 15.3 Å². The first-order chi connectivity index (χ1) is 16.8. The number of amides is 1. The summed E-state index contributed by atoms with van der Waals surface area (Å²) in [5.41, 5.74) is 7.67. The van der Waals surface area contributed by atoms with E-state index in [0.29, 0.717) is 48.8 Å². The Morgan fingerprint density at radius 2 is 1.86 bits per heavy atom. The summed E-state index contributed by atoms with van der Waals surface area (Å²) in [4.78, 5) is 23.4. The molecule has 10 heteroatoms. The molecule has 2 heterocycles. The van der Waals surface area contributed by atoms with Gasteiger partial charge < -0.3 is 20.7 Å². The van der Waals surface area contributed by atoms with Gasteiger partial charge in [0.1, 0.15) is 11.5 Å². The van der Waals surface area contributed by atoms with Crippen LogP contribution in [-0.2, 0) is 17.5 Å². The Hall–Kier alpha value is -3.50. The number of anilines is 1. The van der Waals surface area contributed by atoms with Crippen LogP contribution >= 0.6 is 0 Å². The molecular weight excluding hydrogens is 459 g/mol. The van der Waals surface area contributed by atoms with Crippen molar-refractivity contribution in [1.82, 2.24) is 15.3 Å². The maximum atomic E-state index is 13.2. The van der Waals surface area contributed by atoms with Crippen LogP contribution in [0.15, 0.2) is 54.9 Å². The van der Waals surface area contributed by atoms with Crippen molar-refractivity contribution in [3.8, 4) is 11.1 Å². The smallest absolute Gasteiger partial charge is 0.378 e. The Labute approximate surface area is 201 Å². The highest BCUT2D eigenvalue weighted by Gasteiger charge is 2.31. The standard InChI is InChI=1S/C25H26F3N5O2/c1-16(31-24(34)22-14-30-15-23(32-22)33-8-10-35-11-9-33)17-2-4-18(5-3-17)21-12-20(25(26,27)28)7-6-19(21)13-29/h2-7,12,14-16H,8-11,13,29H2,1H3,(H,31,34)/t16-/m1/s1. The molecule has 1 fully saturated rings. The molecule has 1 saturated heterocycles. The summed E-state index contributed by atoms with van der Waals surface area (Å²) < 4.78 is 44.9. The molecule has 1 atom stereocenters. The van der Waals surface area contributed by atoms with Gasteiger partial charge in [-0.25, -0.2) is 4.98 Å². The van der Waals surface area contributed by atoms with E-state index in [1.165, 1.54) is 12.3 Å². The van der Waals surface area contributed by atoms with Crippen LogP contribution in [0.25, 0.3) is 11.1 Å². The number of aromatic nitrogens is 2. The van der Waals surface area contributed by atoms with Gasteiger partial charge in [0.05, 0.1) is 37.2 Å². The number of hydrogen-bond donors (Lipinski definition) is 2.